The Kier molecular flexibility index (Phi) is 8.03. The molecule has 6 heteroatoms. The first kappa shape index (κ1) is 21.9. The van der Waals surface area contributed by atoms with Crippen molar-refractivity contribution in [2.75, 3.05) is 13.3 Å². The van der Waals surface area contributed by atoms with Crippen LogP contribution in [0.3, 0.4) is 0 Å². The minimum absolute atomic E-state index is 0.131. The lowest BCUT2D eigenvalue weighted by Gasteiger charge is -2.25. The molecule has 0 bridgehead atoms. The molecule has 2 rings (SSSR count). The molecule has 0 unspecified atom stereocenters. The molecule has 1 amide bonds. The summed E-state index contributed by atoms with van der Waals surface area (Å²) in [6.07, 6.45) is 3.32. The molecule has 0 spiro atoms. The molecule has 0 radical (unpaired) electrons. The van der Waals surface area contributed by atoms with Gasteiger partial charge in [0.1, 0.15) is 5.75 Å². The highest BCUT2D eigenvalue weighted by atomic mass is 16.5. The van der Waals surface area contributed by atoms with Gasteiger partial charge in [0.15, 0.2) is 6.73 Å². The minimum atomic E-state index is -0.345. The van der Waals surface area contributed by atoms with Gasteiger partial charge >= 0.3 is 5.97 Å². The van der Waals surface area contributed by atoms with Gasteiger partial charge in [0.05, 0.1) is 12.3 Å². The number of nitrogens with zero attached hydrogens (tertiary/aromatic N) is 2. The van der Waals surface area contributed by atoms with Gasteiger partial charge < -0.3 is 9.47 Å². The van der Waals surface area contributed by atoms with E-state index in [2.05, 4.69) is 38.0 Å². The molecule has 0 aliphatic carbocycles. The van der Waals surface area contributed by atoms with Gasteiger partial charge in [-0.2, -0.15) is 10.1 Å². The third-order valence-electron chi connectivity index (χ3n) is 4.79. The number of hydrogen-bond acceptors (Lipinski definition) is 5. The van der Waals surface area contributed by atoms with Crippen molar-refractivity contribution in [2.24, 2.45) is 5.10 Å². The minimum Gasteiger partial charge on any atom is -0.493 e. The molecule has 28 heavy (non-hydrogen) atoms. The van der Waals surface area contributed by atoms with Crippen molar-refractivity contribution >= 4 is 17.6 Å². The highest BCUT2D eigenvalue weighted by Gasteiger charge is 2.24. The predicted molar refractivity (Wildman–Crippen MR) is 110 cm³/mol. The van der Waals surface area contributed by atoms with Crippen molar-refractivity contribution in [3.8, 4) is 5.75 Å². The Balaban J connectivity index is 2.30. The average Bonchev–Trinajstić information content (AvgIpc) is 2.67. The van der Waals surface area contributed by atoms with E-state index >= 15 is 0 Å². The lowest BCUT2D eigenvalue weighted by molar-refractivity contribution is -0.153. The number of rotatable bonds is 9. The summed E-state index contributed by atoms with van der Waals surface area (Å²) in [4.78, 5) is 23.5. The van der Waals surface area contributed by atoms with E-state index in [0.29, 0.717) is 25.4 Å². The molecule has 0 saturated heterocycles. The lowest BCUT2D eigenvalue weighted by atomic mass is 9.92. The summed E-state index contributed by atoms with van der Waals surface area (Å²) in [6.45, 7) is 10.8. The van der Waals surface area contributed by atoms with Gasteiger partial charge in [-0.3, -0.25) is 9.59 Å². The van der Waals surface area contributed by atoms with Crippen molar-refractivity contribution in [3.63, 3.8) is 0 Å². The third-order valence-corrected chi connectivity index (χ3v) is 4.79. The maximum absolute atomic E-state index is 12.1. The highest BCUT2D eigenvalue weighted by Crippen LogP contribution is 2.31. The monoisotopic (exact) mass is 388 g/mol. The van der Waals surface area contributed by atoms with Crippen LogP contribution in [0.5, 0.6) is 5.75 Å². The topological polar surface area (TPSA) is 68.2 Å². The number of amides is 1. The number of hydrazone groups is 1. The van der Waals surface area contributed by atoms with Crippen LogP contribution < -0.4 is 4.74 Å². The number of unbranched alkanes of at least 4 members (excludes halogenated alkanes) is 1. The van der Waals surface area contributed by atoms with Crippen LogP contribution in [-0.4, -0.2) is 35.9 Å². The molecule has 154 valence electrons. The number of carbonyl (C=O) groups is 2. The molecule has 0 atom stereocenters. The standard InChI is InChI=1S/C22H32N2O4/c1-6-8-11-27-20-12-16(5)18(13-17(20)15(3)4)19-9-10-21(25)24(23-19)14-28-22(26)7-2/h12-13,15H,6-11,14H2,1-5H3. The van der Waals surface area contributed by atoms with Crippen LogP contribution in [0.4, 0.5) is 0 Å². The van der Waals surface area contributed by atoms with E-state index in [9.17, 15) is 9.59 Å². The van der Waals surface area contributed by atoms with Gasteiger partial charge in [-0.05, 0) is 42.5 Å². The van der Waals surface area contributed by atoms with E-state index in [4.69, 9.17) is 9.47 Å². The Hall–Kier alpha value is -2.37. The smallest absolute Gasteiger partial charge is 0.307 e. The number of aryl methyl sites for hydroxylation is 1. The molecular formula is C22H32N2O4. The van der Waals surface area contributed by atoms with E-state index in [1.807, 2.05) is 6.92 Å². The quantitative estimate of drug-likeness (QED) is 0.460. The summed E-state index contributed by atoms with van der Waals surface area (Å²) in [5.41, 5.74) is 4.06. The summed E-state index contributed by atoms with van der Waals surface area (Å²) in [7, 11) is 0. The Bertz CT molecular complexity index is 740. The first-order valence-corrected chi connectivity index (χ1v) is 10.2. The molecule has 0 N–H and O–H groups in total. The maximum atomic E-state index is 12.1. The third kappa shape index (κ3) is 5.57. The van der Waals surface area contributed by atoms with E-state index in [1.165, 1.54) is 5.01 Å². The zero-order valence-corrected chi connectivity index (χ0v) is 17.7. The fraction of sp³-hybridized carbons (Fsp3) is 0.591. The number of ether oxygens (including phenoxy) is 2. The second-order valence-electron chi connectivity index (χ2n) is 7.40. The summed E-state index contributed by atoms with van der Waals surface area (Å²) >= 11 is 0. The van der Waals surface area contributed by atoms with Crippen LogP contribution in [0.1, 0.15) is 82.4 Å². The fourth-order valence-corrected chi connectivity index (χ4v) is 3.04. The van der Waals surface area contributed by atoms with Crippen LogP contribution in [-0.2, 0) is 14.3 Å². The Morgan fingerprint density at radius 2 is 2.00 bits per heavy atom. The second kappa shape index (κ2) is 10.2. The Morgan fingerprint density at radius 1 is 1.25 bits per heavy atom. The molecule has 1 heterocycles. The summed E-state index contributed by atoms with van der Waals surface area (Å²) in [5, 5.41) is 5.74. The lowest BCUT2D eigenvalue weighted by Crippen LogP contribution is -2.34. The zero-order chi connectivity index (χ0) is 20.7. The van der Waals surface area contributed by atoms with E-state index < -0.39 is 0 Å². The zero-order valence-electron chi connectivity index (χ0n) is 17.7. The van der Waals surface area contributed by atoms with Crippen LogP contribution in [0.15, 0.2) is 17.2 Å². The number of hydrogen-bond donors (Lipinski definition) is 0. The van der Waals surface area contributed by atoms with Crippen molar-refractivity contribution in [2.45, 2.75) is 72.6 Å². The normalized spacial score (nSPS) is 14.3. The molecular weight excluding hydrogens is 356 g/mol. The Labute approximate surface area is 167 Å². The predicted octanol–water partition coefficient (Wildman–Crippen LogP) is 4.53. The first-order chi connectivity index (χ1) is 13.4. The summed E-state index contributed by atoms with van der Waals surface area (Å²) in [5.74, 6) is 0.755. The van der Waals surface area contributed by atoms with Gasteiger partial charge in [-0.15, -0.1) is 0 Å². The average molecular weight is 389 g/mol. The molecule has 1 aliphatic heterocycles. The molecule has 1 aromatic carbocycles. The largest absolute Gasteiger partial charge is 0.493 e. The van der Waals surface area contributed by atoms with Crippen molar-refractivity contribution in [1.29, 1.82) is 0 Å². The van der Waals surface area contributed by atoms with Gasteiger partial charge in [0.25, 0.3) is 0 Å². The second-order valence-corrected chi connectivity index (χ2v) is 7.40. The molecule has 1 aromatic rings. The SMILES string of the molecule is CCCCOc1cc(C)c(C2=NN(COC(=O)CC)C(=O)CC2)cc1C(C)C. The van der Waals surface area contributed by atoms with Gasteiger partial charge in [0.2, 0.25) is 5.91 Å². The molecule has 1 aliphatic rings. The van der Waals surface area contributed by atoms with Gasteiger partial charge in [-0.25, -0.2) is 0 Å². The number of esters is 1. The van der Waals surface area contributed by atoms with Gasteiger partial charge in [-0.1, -0.05) is 34.1 Å². The first-order valence-electron chi connectivity index (χ1n) is 10.2. The van der Waals surface area contributed by atoms with Crippen molar-refractivity contribution in [3.05, 3.63) is 28.8 Å². The maximum Gasteiger partial charge on any atom is 0.307 e. The van der Waals surface area contributed by atoms with Crippen LogP contribution in [0, 0.1) is 6.92 Å². The summed E-state index contributed by atoms with van der Waals surface area (Å²) < 4.78 is 11.1. The van der Waals surface area contributed by atoms with Gasteiger partial charge in [0, 0.05) is 24.8 Å². The number of benzene rings is 1. The number of carbonyl (C=O) groups excluding carboxylic acids is 2. The fourth-order valence-electron chi connectivity index (χ4n) is 3.04. The molecule has 0 saturated carbocycles. The van der Waals surface area contributed by atoms with Crippen molar-refractivity contribution < 1.29 is 19.1 Å². The molecule has 6 nitrogen and oxygen atoms in total. The molecule has 0 aromatic heterocycles. The van der Waals surface area contributed by atoms with Crippen LogP contribution >= 0.6 is 0 Å². The van der Waals surface area contributed by atoms with E-state index in [1.54, 1.807) is 6.92 Å². The van der Waals surface area contributed by atoms with E-state index in [-0.39, 0.29) is 25.0 Å². The van der Waals surface area contributed by atoms with Crippen LogP contribution in [0.2, 0.25) is 0 Å². The van der Waals surface area contributed by atoms with E-state index in [0.717, 1.165) is 41.0 Å². The van der Waals surface area contributed by atoms with Crippen LogP contribution in [0.25, 0.3) is 0 Å². The Morgan fingerprint density at radius 3 is 2.64 bits per heavy atom. The highest BCUT2D eigenvalue weighted by molar-refractivity contribution is 6.05. The van der Waals surface area contributed by atoms with Crippen molar-refractivity contribution in [1.82, 2.24) is 5.01 Å². The summed E-state index contributed by atoms with van der Waals surface area (Å²) in [6, 6.07) is 4.20. The molecule has 0 fully saturated rings.